The average molecular weight is 211 g/mol. The summed E-state index contributed by atoms with van der Waals surface area (Å²) in [4.78, 5) is 0. The van der Waals surface area contributed by atoms with Crippen LogP contribution in [0.5, 0.6) is 0 Å². The third-order valence-corrected chi connectivity index (χ3v) is 2.89. The van der Waals surface area contributed by atoms with Gasteiger partial charge in [-0.25, -0.2) is 0 Å². The Balaban J connectivity index is 5.50. The first-order chi connectivity index (χ1) is 8.64. The summed E-state index contributed by atoms with van der Waals surface area (Å²) in [5, 5.41) is 0. The Bertz CT molecular complexity index is 188. The van der Waals surface area contributed by atoms with Crippen LogP contribution in [0, 0.1) is 0 Å². The first-order valence-corrected chi connectivity index (χ1v) is 5.33. The molecule has 0 aliphatic rings. The van der Waals surface area contributed by atoms with Crippen molar-refractivity contribution in [3.63, 3.8) is 0 Å². The summed E-state index contributed by atoms with van der Waals surface area (Å²) < 4.78 is 0. The van der Waals surface area contributed by atoms with Gasteiger partial charge in [0.05, 0.1) is 0 Å². The highest BCUT2D eigenvalue weighted by atomic mass is 13.2. The summed E-state index contributed by atoms with van der Waals surface area (Å²) in [7, 11) is 49.4. The van der Waals surface area contributed by atoms with E-state index in [0.717, 1.165) is 0 Å². The number of hydrogen-bond acceptors (Lipinski definition) is 0. The van der Waals surface area contributed by atoms with E-state index in [0.29, 0.717) is 0 Å². The minimum atomic E-state index is -0.670. The molecule has 0 fully saturated rings. The molecule has 0 aromatic carbocycles. The summed E-state index contributed by atoms with van der Waals surface area (Å²) in [6.07, 6.45) is -2.76. The second-order valence-electron chi connectivity index (χ2n) is 4.23. The zero-order chi connectivity index (χ0) is 15.3. The molecule has 0 heterocycles. The minimum Gasteiger partial charge on any atom is -0.158 e. The molecular formula is H6B19-2. The van der Waals surface area contributed by atoms with Crippen LogP contribution in [0.2, 0.25) is 0 Å². The van der Waals surface area contributed by atoms with Crippen LogP contribution in [0.3, 0.4) is 0 Å². The molecule has 0 saturated heterocycles. The molecule has 0 N–H and O–H groups in total. The fourth-order valence-corrected chi connectivity index (χ4v) is 2.05. The van der Waals surface area contributed by atoms with Crippen LogP contribution in [-0.4, -0.2) is 136 Å². The zero-order valence-corrected chi connectivity index (χ0v) is 9.81. The average Bonchev–Trinajstić information content (AvgIpc) is 2.24. The highest BCUT2D eigenvalue weighted by Gasteiger charge is 2.40. The second kappa shape index (κ2) is 9.29. The Labute approximate surface area is 135 Å². The van der Waals surface area contributed by atoms with Crippen molar-refractivity contribution in [1.29, 1.82) is 0 Å². The van der Waals surface area contributed by atoms with E-state index in [1.807, 2.05) is 0 Å². The van der Waals surface area contributed by atoms with Gasteiger partial charge in [0.1, 0.15) is 0 Å². The third kappa shape index (κ3) is 5.86. The van der Waals surface area contributed by atoms with Crippen molar-refractivity contribution in [2.75, 3.05) is 0 Å². The van der Waals surface area contributed by atoms with Gasteiger partial charge in [-0.15, -0.1) is 6.39 Å². The molecule has 0 saturated carbocycles. The quantitative estimate of drug-likeness (QED) is 0.350. The third-order valence-electron chi connectivity index (χ3n) is 2.89. The van der Waals surface area contributed by atoms with Gasteiger partial charge in [0.15, 0.2) is 0 Å². The summed E-state index contributed by atoms with van der Waals surface area (Å²) in [6, 6.07) is 0. The number of hydrogen-bond donors (Lipinski definition) is 0. The van der Waals surface area contributed by atoms with E-state index >= 15 is 0 Å². The lowest BCUT2D eigenvalue weighted by Crippen LogP contribution is -2.79. The highest BCUT2D eigenvalue weighted by molar-refractivity contribution is 8.18. The van der Waals surface area contributed by atoms with Crippen LogP contribution in [-0.2, 0) is 0 Å². The predicted molar refractivity (Wildman–Crippen MR) is 118 cm³/mol. The molecule has 0 bridgehead atoms. The van der Waals surface area contributed by atoms with Gasteiger partial charge < -0.3 is 0 Å². The fraction of sp³-hybridized carbons (Fsp3) is 0. The van der Waals surface area contributed by atoms with Crippen LogP contribution < -0.4 is 0 Å². The maximum atomic E-state index is 6.22. The SMILES string of the molecule is [B]B([B])B(B([B])[B])B(B([B])[B][BH3-])B(B([B])[B])B([B])[BH3-]. The highest BCUT2D eigenvalue weighted by Crippen LogP contribution is 2.04. The van der Waals surface area contributed by atoms with Gasteiger partial charge in [-0.05, 0) is 107 Å². The molecule has 0 aliphatic heterocycles. The zero-order valence-electron chi connectivity index (χ0n) is 9.81. The molecular weight excluding hydrogens is 205 g/mol. The summed E-state index contributed by atoms with van der Waals surface area (Å²) in [6.45, 7) is 0. The van der Waals surface area contributed by atoms with Crippen molar-refractivity contribution < 1.29 is 0 Å². The second-order valence-corrected chi connectivity index (χ2v) is 4.23. The van der Waals surface area contributed by atoms with E-state index in [2.05, 4.69) is 7.06 Å². The van der Waals surface area contributed by atoms with Crippen molar-refractivity contribution in [3.8, 4) is 0 Å². The van der Waals surface area contributed by atoms with Gasteiger partial charge in [0.25, 0.3) is 0 Å². The first kappa shape index (κ1) is 20.2. The van der Waals surface area contributed by atoms with Crippen LogP contribution in [0.25, 0.3) is 0 Å². The Morgan fingerprint density at radius 2 is 1.00 bits per heavy atom. The van der Waals surface area contributed by atoms with E-state index in [4.69, 9.17) is 61.9 Å². The van der Waals surface area contributed by atoms with E-state index in [-0.39, 0.29) is 47.4 Å². The molecule has 0 unspecified atom stereocenters. The van der Waals surface area contributed by atoms with E-state index < -0.39 is 19.2 Å². The Kier molecular flexibility index (Phi) is 9.90. The summed E-state index contributed by atoms with van der Waals surface area (Å²) >= 11 is 0. The van der Waals surface area contributed by atoms with Crippen LogP contribution in [0.15, 0.2) is 0 Å². The molecule has 0 amide bonds. The standard InChI is InChI=1S/B19H6/c1-11-16(10)19(17(12(2)3)13(4)5)18(14(6)7)15(8)9/h1-2H3/q-2. The van der Waals surface area contributed by atoms with Gasteiger partial charge in [0.2, 0.25) is 0 Å². The molecule has 0 nitrogen and oxygen atoms in total. The predicted octanol–water partition coefficient (Wildman–Crippen LogP) is -8.84. The molecule has 19 heteroatoms. The normalized spacial score (nSPS) is 9.16. The Morgan fingerprint density at radius 1 is 0.632 bits per heavy atom. The molecule has 0 spiro atoms. The van der Waals surface area contributed by atoms with Crippen LogP contribution in [0.4, 0.5) is 0 Å². The van der Waals surface area contributed by atoms with Gasteiger partial charge in [-0.3, -0.25) is 0 Å². The van der Waals surface area contributed by atoms with Crippen molar-refractivity contribution in [2.45, 2.75) is 0 Å². The molecule has 19 heavy (non-hydrogen) atoms. The van der Waals surface area contributed by atoms with Crippen molar-refractivity contribution in [1.82, 2.24) is 0 Å². The summed E-state index contributed by atoms with van der Waals surface area (Å²) in [5.74, 6) is 0. The lowest BCUT2D eigenvalue weighted by atomic mass is 8.40. The molecule has 0 aromatic heterocycles. The molecule has 0 aromatic rings. The maximum Gasteiger partial charge on any atom is -0.0000000252 e. The van der Waals surface area contributed by atoms with Crippen molar-refractivity contribution in [3.05, 3.63) is 0 Å². The van der Waals surface area contributed by atoms with Crippen molar-refractivity contribution >= 4 is 136 Å². The van der Waals surface area contributed by atoms with E-state index in [1.54, 1.807) is 0 Å². The number of rotatable bonds is 8. The van der Waals surface area contributed by atoms with Crippen LogP contribution in [0.1, 0.15) is 0 Å². The minimum absolute atomic E-state index is 0.00370. The lowest BCUT2D eigenvalue weighted by Gasteiger charge is -2.43. The molecule has 0 aliphatic carbocycles. The topological polar surface area (TPSA) is 0 Å². The van der Waals surface area contributed by atoms with Gasteiger partial charge in [0, 0.05) is 0 Å². The smallest absolute Gasteiger partial charge is 0.0000000252 e. The summed E-state index contributed by atoms with van der Waals surface area (Å²) in [5.41, 5.74) is 0. The Hall–Kier alpha value is 1.23. The van der Waals surface area contributed by atoms with Crippen molar-refractivity contribution in [2.24, 2.45) is 0 Å². The van der Waals surface area contributed by atoms with Crippen LogP contribution >= 0.6 is 0 Å². The molecule has 0 atom stereocenters. The maximum absolute atomic E-state index is 6.22. The van der Waals surface area contributed by atoms with E-state index in [9.17, 15) is 0 Å². The molecule has 65 valence electrons. The van der Waals surface area contributed by atoms with Gasteiger partial charge in [-0.2, -0.15) is 7.06 Å². The monoisotopic (exact) mass is 215 g/mol. The first-order valence-electron chi connectivity index (χ1n) is 5.33. The Morgan fingerprint density at radius 3 is 1.21 bits per heavy atom. The van der Waals surface area contributed by atoms with Gasteiger partial charge >= 0.3 is 0 Å². The molecule has 17 radical (unpaired) electrons. The fourth-order valence-electron chi connectivity index (χ4n) is 2.05. The lowest BCUT2D eigenvalue weighted by molar-refractivity contribution is 3.34. The van der Waals surface area contributed by atoms with Gasteiger partial charge in [-0.1, -0.05) is 15.5 Å². The van der Waals surface area contributed by atoms with E-state index in [1.165, 1.54) is 0 Å². The largest absolute Gasteiger partial charge is 0.158 e. The molecule has 0 rings (SSSR count).